The zero-order chi connectivity index (χ0) is 23.5. The maximum atomic E-state index is 13.0. The number of hydroxylamine groups is 1. The van der Waals surface area contributed by atoms with Gasteiger partial charge in [-0.3, -0.25) is 24.0 Å². The van der Waals surface area contributed by atoms with Gasteiger partial charge in [-0.15, -0.1) is 0 Å². The van der Waals surface area contributed by atoms with Gasteiger partial charge in [0.15, 0.2) is 5.69 Å². The molecule has 0 atom stereocenters. The first kappa shape index (κ1) is 24.6. The van der Waals surface area contributed by atoms with E-state index in [1.807, 2.05) is 6.92 Å². The van der Waals surface area contributed by atoms with E-state index < -0.39 is 27.2 Å². The number of carbonyl (C=O) groups is 1. The van der Waals surface area contributed by atoms with Crippen molar-refractivity contribution >= 4 is 39.0 Å². The smallest absolute Gasteiger partial charge is 0.330 e. The van der Waals surface area contributed by atoms with Gasteiger partial charge < -0.3 is 10.6 Å². The normalized spacial score (nSPS) is 11.7. The zero-order valence-corrected chi connectivity index (χ0v) is 19.1. The van der Waals surface area contributed by atoms with Crippen molar-refractivity contribution in [1.29, 1.82) is 0 Å². The lowest BCUT2D eigenvalue weighted by molar-refractivity contribution is -0.0258. The van der Waals surface area contributed by atoms with Crippen LogP contribution < -0.4 is 21.9 Å². The number of amides is 1. The molecular formula is C18H24ClN5O6S. The summed E-state index contributed by atoms with van der Waals surface area (Å²) in [6.45, 7) is 2.19. The Bertz CT molecular complexity index is 1210. The summed E-state index contributed by atoms with van der Waals surface area (Å²) in [6, 6.07) is 3.63. The molecule has 0 saturated carbocycles. The standard InChI is InChI=1S/C18H24ClN5O6S/c1-5-6-9-24-15(20)14(16(25)21-18(24)27)22(2)17(26)11-7-8-12(19)13(10-11)31(28,29)23(3)30-4/h7-8,10H,5-6,9,20H2,1-4H3,(H,21,25,27). The lowest BCUT2D eigenvalue weighted by Gasteiger charge is -2.21. The average Bonchev–Trinajstić information content (AvgIpc) is 2.72. The third-order valence-corrected chi connectivity index (χ3v) is 6.80. The highest BCUT2D eigenvalue weighted by Crippen LogP contribution is 2.27. The van der Waals surface area contributed by atoms with E-state index in [-0.39, 0.29) is 33.5 Å². The minimum atomic E-state index is -4.13. The summed E-state index contributed by atoms with van der Waals surface area (Å²) in [5.41, 5.74) is 4.22. The number of nitrogens with zero attached hydrogens (tertiary/aromatic N) is 3. The first-order chi connectivity index (χ1) is 14.5. The fourth-order valence-electron chi connectivity index (χ4n) is 2.81. The number of aromatic nitrogens is 2. The summed E-state index contributed by atoms with van der Waals surface area (Å²) in [5.74, 6) is -0.898. The second-order valence-electron chi connectivity index (χ2n) is 6.61. The second-order valence-corrected chi connectivity index (χ2v) is 8.92. The Kier molecular flexibility index (Phi) is 7.65. The molecule has 0 bridgehead atoms. The Morgan fingerprint density at radius 2 is 1.94 bits per heavy atom. The highest BCUT2D eigenvalue weighted by atomic mass is 35.5. The number of hydrogen-bond acceptors (Lipinski definition) is 7. The molecule has 0 fully saturated rings. The summed E-state index contributed by atoms with van der Waals surface area (Å²) >= 11 is 6.02. The van der Waals surface area contributed by atoms with Crippen molar-refractivity contribution in [3.8, 4) is 0 Å². The lowest BCUT2D eigenvalue weighted by atomic mass is 10.2. The average molecular weight is 474 g/mol. The Morgan fingerprint density at radius 3 is 2.52 bits per heavy atom. The number of halogens is 1. The molecule has 1 aromatic heterocycles. The van der Waals surface area contributed by atoms with E-state index in [1.165, 1.54) is 30.8 Å². The first-order valence-corrected chi connectivity index (χ1v) is 11.0. The van der Waals surface area contributed by atoms with Gasteiger partial charge in [0.05, 0.1) is 12.1 Å². The predicted octanol–water partition coefficient (Wildman–Crippen LogP) is 1.03. The summed E-state index contributed by atoms with van der Waals surface area (Å²) < 4.78 is 26.9. The van der Waals surface area contributed by atoms with Crippen LogP contribution in [-0.4, -0.2) is 49.5 Å². The number of hydrogen-bond donors (Lipinski definition) is 2. The van der Waals surface area contributed by atoms with Gasteiger partial charge in [0, 0.05) is 26.2 Å². The van der Waals surface area contributed by atoms with Crippen LogP contribution in [0.3, 0.4) is 0 Å². The highest BCUT2D eigenvalue weighted by Gasteiger charge is 2.27. The van der Waals surface area contributed by atoms with Crippen LogP contribution in [0.5, 0.6) is 0 Å². The molecule has 1 aromatic carbocycles. The molecule has 2 rings (SSSR count). The van der Waals surface area contributed by atoms with E-state index in [0.29, 0.717) is 10.9 Å². The van der Waals surface area contributed by atoms with Crippen molar-refractivity contribution in [3.63, 3.8) is 0 Å². The molecule has 31 heavy (non-hydrogen) atoms. The fourth-order valence-corrected chi connectivity index (χ4v) is 4.28. The Labute approximate surface area is 184 Å². The fraction of sp³-hybridized carbons (Fsp3) is 0.389. The third-order valence-electron chi connectivity index (χ3n) is 4.64. The van der Waals surface area contributed by atoms with Crippen molar-refractivity contribution in [2.45, 2.75) is 31.2 Å². The number of unbranched alkanes of at least 4 members (excludes halogenated alkanes) is 1. The molecular weight excluding hydrogens is 450 g/mol. The molecule has 3 N–H and O–H groups in total. The van der Waals surface area contributed by atoms with Gasteiger partial charge in [-0.2, -0.15) is 0 Å². The van der Waals surface area contributed by atoms with E-state index in [0.717, 1.165) is 24.5 Å². The number of H-pyrrole nitrogens is 1. The molecule has 1 amide bonds. The third kappa shape index (κ3) is 4.82. The number of benzene rings is 1. The Morgan fingerprint density at radius 1 is 1.29 bits per heavy atom. The summed E-state index contributed by atoms with van der Waals surface area (Å²) in [5, 5.41) is -0.117. The number of anilines is 2. The van der Waals surface area contributed by atoms with Gasteiger partial charge in [0.1, 0.15) is 10.7 Å². The van der Waals surface area contributed by atoms with Gasteiger partial charge in [-0.1, -0.05) is 29.4 Å². The van der Waals surface area contributed by atoms with Crippen LogP contribution in [0.15, 0.2) is 32.7 Å². The SMILES string of the molecule is CCCCn1c(N)c(N(C)C(=O)c2ccc(Cl)c(S(=O)(=O)N(C)OC)c2)c(=O)[nH]c1=O. The number of sulfonamides is 1. The molecule has 0 saturated heterocycles. The van der Waals surface area contributed by atoms with Gasteiger partial charge in [-0.25, -0.2) is 13.2 Å². The number of nitrogens with two attached hydrogens (primary N) is 1. The number of aromatic amines is 1. The van der Waals surface area contributed by atoms with E-state index >= 15 is 0 Å². The molecule has 0 unspecified atom stereocenters. The maximum absolute atomic E-state index is 13.0. The van der Waals surface area contributed by atoms with Crippen molar-refractivity contribution in [3.05, 3.63) is 49.6 Å². The monoisotopic (exact) mass is 473 g/mol. The number of nitrogen functional groups attached to an aromatic ring is 1. The quantitative estimate of drug-likeness (QED) is 0.544. The minimum absolute atomic E-state index is 0.0694. The summed E-state index contributed by atoms with van der Waals surface area (Å²) in [4.78, 5) is 45.0. The van der Waals surface area contributed by atoms with Crippen LogP contribution in [0.4, 0.5) is 11.5 Å². The molecule has 0 radical (unpaired) electrons. The number of rotatable bonds is 8. The summed E-state index contributed by atoms with van der Waals surface area (Å²) in [7, 11) is -0.505. The van der Waals surface area contributed by atoms with E-state index in [9.17, 15) is 22.8 Å². The van der Waals surface area contributed by atoms with Gasteiger partial charge in [-0.05, 0) is 24.6 Å². The van der Waals surface area contributed by atoms with E-state index in [4.69, 9.17) is 22.2 Å². The molecule has 170 valence electrons. The molecule has 0 aliphatic carbocycles. The van der Waals surface area contributed by atoms with Crippen LogP contribution in [0.25, 0.3) is 0 Å². The van der Waals surface area contributed by atoms with Crippen molar-refractivity contribution in [1.82, 2.24) is 14.0 Å². The molecule has 2 aromatic rings. The van der Waals surface area contributed by atoms with Crippen LogP contribution in [-0.2, 0) is 21.4 Å². The molecule has 0 spiro atoms. The second kappa shape index (κ2) is 9.64. The molecule has 13 heteroatoms. The van der Waals surface area contributed by atoms with Crippen molar-refractivity contribution in [2.24, 2.45) is 0 Å². The minimum Gasteiger partial charge on any atom is -0.383 e. The Hall–Kier alpha value is -2.67. The van der Waals surface area contributed by atoms with E-state index in [2.05, 4.69) is 4.98 Å². The first-order valence-electron chi connectivity index (χ1n) is 9.20. The Balaban J connectivity index is 2.56. The van der Waals surface area contributed by atoms with Crippen LogP contribution in [0.1, 0.15) is 30.1 Å². The highest BCUT2D eigenvalue weighted by molar-refractivity contribution is 7.89. The van der Waals surface area contributed by atoms with Gasteiger partial charge >= 0.3 is 5.69 Å². The topological polar surface area (TPSA) is 148 Å². The zero-order valence-electron chi connectivity index (χ0n) is 17.5. The molecule has 1 heterocycles. The molecule has 11 nitrogen and oxygen atoms in total. The number of nitrogens with one attached hydrogen (secondary N) is 1. The van der Waals surface area contributed by atoms with Crippen LogP contribution >= 0.6 is 11.6 Å². The van der Waals surface area contributed by atoms with E-state index in [1.54, 1.807) is 0 Å². The van der Waals surface area contributed by atoms with Crippen LogP contribution in [0, 0.1) is 0 Å². The lowest BCUT2D eigenvalue weighted by Crippen LogP contribution is -2.39. The predicted molar refractivity (Wildman–Crippen MR) is 117 cm³/mol. The van der Waals surface area contributed by atoms with Crippen molar-refractivity contribution < 1.29 is 18.0 Å². The summed E-state index contributed by atoms with van der Waals surface area (Å²) in [6.07, 6.45) is 1.42. The largest absolute Gasteiger partial charge is 0.383 e. The van der Waals surface area contributed by atoms with Gasteiger partial charge in [0.25, 0.3) is 21.5 Å². The van der Waals surface area contributed by atoms with Gasteiger partial charge in [0.2, 0.25) is 0 Å². The molecule has 0 aliphatic heterocycles. The van der Waals surface area contributed by atoms with Crippen molar-refractivity contribution in [2.75, 3.05) is 31.8 Å². The maximum Gasteiger partial charge on any atom is 0.330 e. The number of carbonyl (C=O) groups excluding carboxylic acids is 1. The van der Waals surface area contributed by atoms with Crippen LogP contribution in [0.2, 0.25) is 5.02 Å². The molecule has 0 aliphatic rings.